The van der Waals surface area contributed by atoms with Crippen LogP contribution in [0.5, 0.6) is 17.2 Å². The summed E-state index contributed by atoms with van der Waals surface area (Å²) in [6.07, 6.45) is 0. The monoisotopic (exact) mass is 293 g/mol. The highest BCUT2D eigenvalue weighted by atomic mass is 35.5. The van der Waals surface area contributed by atoms with Crippen molar-refractivity contribution in [1.29, 1.82) is 0 Å². The van der Waals surface area contributed by atoms with Gasteiger partial charge in [-0.3, -0.25) is 0 Å². The maximum absolute atomic E-state index is 9.71. The Bertz CT molecular complexity index is 548. The Kier molecular flexibility index (Phi) is 4.58. The average Bonchev–Trinajstić information content (AvgIpc) is 2.45. The molecule has 0 saturated carbocycles. The third kappa shape index (κ3) is 3.27. The summed E-state index contributed by atoms with van der Waals surface area (Å²) in [5.41, 5.74) is 1.82. The maximum Gasteiger partial charge on any atom is 0.160 e. The number of methoxy groups -OCH3 is 2. The van der Waals surface area contributed by atoms with Crippen molar-refractivity contribution in [3.05, 3.63) is 47.0 Å². The fourth-order valence-corrected chi connectivity index (χ4v) is 2.08. The number of aromatic hydroxyl groups is 1. The van der Waals surface area contributed by atoms with Crippen LogP contribution < -0.4 is 14.8 Å². The SMILES string of the molecule is COc1ccc(CNc2ccc(OC)c(Cl)c2)cc1O. The van der Waals surface area contributed by atoms with Gasteiger partial charge in [-0.25, -0.2) is 0 Å². The summed E-state index contributed by atoms with van der Waals surface area (Å²) in [7, 11) is 3.10. The Balaban J connectivity index is 2.05. The topological polar surface area (TPSA) is 50.7 Å². The van der Waals surface area contributed by atoms with Crippen molar-refractivity contribution in [2.24, 2.45) is 0 Å². The van der Waals surface area contributed by atoms with Crippen LogP contribution in [0.1, 0.15) is 5.56 Å². The Morgan fingerprint density at radius 3 is 2.35 bits per heavy atom. The van der Waals surface area contributed by atoms with Crippen molar-refractivity contribution >= 4 is 17.3 Å². The lowest BCUT2D eigenvalue weighted by atomic mass is 10.2. The molecule has 0 aromatic heterocycles. The molecule has 2 rings (SSSR count). The minimum absolute atomic E-state index is 0.125. The molecule has 0 bridgehead atoms. The van der Waals surface area contributed by atoms with Gasteiger partial charge in [0.2, 0.25) is 0 Å². The molecule has 20 heavy (non-hydrogen) atoms. The largest absolute Gasteiger partial charge is 0.504 e. The van der Waals surface area contributed by atoms with E-state index in [0.717, 1.165) is 11.3 Å². The van der Waals surface area contributed by atoms with Crippen molar-refractivity contribution in [2.45, 2.75) is 6.54 Å². The zero-order chi connectivity index (χ0) is 14.5. The number of hydrogen-bond donors (Lipinski definition) is 2. The van der Waals surface area contributed by atoms with E-state index in [9.17, 15) is 5.11 Å². The fraction of sp³-hybridized carbons (Fsp3) is 0.200. The average molecular weight is 294 g/mol. The Hall–Kier alpha value is -2.07. The van der Waals surface area contributed by atoms with Gasteiger partial charge >= 0.3 is 0 Å². The van der Waals surface area contributed by atoms with Gasteiger partial charge in [-0.1, -0.05) is 17.7 Å². The molecule has 5 heteroatoms. The smallest absolute Gasteiger partial charge is 0.160 e. The minimum Gasteiger partial charge on any atom is -0.504 e. The van der Waals surface area contributed by atoms with Crippen molar-refractivity contribution in [3.63, 3.8) is 0 Å². The van der Waals surface area contributed by atoms with E-state index in [1.807, 2.05) is 12.1 Å². The second-order valence-electron chi connectivity index (χ2n) is 4.21. The normalized spacial score (nSPS) is 10.2. The highest BCUT2D eigenvalue weighted by Gasteiger charge is 2.04. The molecule has 0 fully saturated rings. The van der Waals surface area contributed by atoms with Crippen LogP contribution >= 0.6 is 11.6 Å². The van der Waals surface area contributed by atoms with E-state index in [2.05, 4.69) is 5.32 Å². The van der Waals surface area contributed by atoms with E-state index in [0.29, 0.717) is 23.1 Å². The van der Waals surface area contributed by atoms with Crippen LogP contribution in [0.3, 0.4) is 0 Å². The standard InChI is InChI=1S/C15H16ClNO3/c1-19-14-6-4-11(8-12(14)16)17-9-10-3-5-15(20-2)13(18)7-10/h3-8,17-18H,9H2,1-2H3. The number of nitrogens with one attached hydrogen (secondary N) is 1. The van der Waals surface area contributed by atoms with Gasteiger partial charge in [0.25, 0.3) is 0 Å². The molecular formula is C15H16ClNO3. The number of rotatable bonds is 5. The second-order valence-corrected chi connectivity index (χ2v) is 4.62. The summed E-state index contributed by atoms with van der Waals surface area (Å²) in [6.45, 7) is 0.570. The van der Waals surface area contributed by atoms with Gasteiger partial charge in [0.15, 0.2) is 11.5 Å². The van der Waals surface area contributed by atoms with Gasteiger partial charge in [-0.05, 0) is 35.9 Å². The number of ether oxygens (including phenoxy) is 2. The molecule has 0 aliphatic heterocycles. The highest BCUT2D eigenvalue weighted by molar-refractivity contribution is 6.32. The van der Waals surface area contributed by atoms with Crippen molar-refractivity contribution in [3.8, 4) is 17.2 Å². The first-order valence-corrected chi connectivity index (χ1v) is 6.45. The zero-order valence-corrected chi connectivity index (χ0v) is 12.1. The van der Waals surface area contributed by atoms with E-state index in [1.54, 1.807) is 31.4 Å². The van der Waals surface area contributed by atoms with Gasteiger partial charge in [0.05, 0.1) is 19.2 Å². The van der Waals surface area contributed by atoms with Crippen LogP contribution in [-0.2, 0) is 6.54 Å². The van der Waals surface area contributed by atoms with Gasteiger partial charge < -0.3 is 19.9 Å². The van der Waals surface area contributed by atoms with E-state index >= 15 is 0 Å². The summed E-state index contributed by atoms with van der Waals surface area (Å²) < 4.78 is 10.1. The number of benzene rings is 2. The van der Waals surface area contributed by atoms with E-state index < -0.39 is 0 Å². The maximum atomic E-state index is 9.71. The number of phenols is 1. The molecule has 0 heterocycles. The first-order chi connectivity index (χ1) is 9.63. The number of hydrogen-bond acceptors (Lipinski definition) is 4. The molecular weight excluding hydrogens is 278 g/mol. The molecule has 106 valence electrons. The summed E-state index contributed by atoms with van der Waals surface area (Å²) in [6, 6.07) is 10.8. The molecule has 0 unspecified atom stereocenters. The van der Waals surface area contributed by atoms with Crippen LogP contribution in [0.25, 0.3) is 0 Å². The van der Waals surface area contributed by atoms with Crippen molar-refractivity contribution in [2.75, 3.05) is 19.5 Å². The Labute approximate surface area is 122 Å². The summed E-state index contributed by atoms with van der Waals surface area (Å²) in [5, 5.41) is 13.5. The molecule has 0 aliphatic carbocycles. The molecule has 0 atom stereocenters. The van der Waals surface area contributed by atoms with Crippen LogP contribution in [0, 0.1) is 0 Å². The minimum atomic E-state index is 0.125. The van der Waals surface area contributed by atoms with Crippen LogP contribution in [0.4, 0.5) is 5.69 Å². The van der Waals surface area contributed by atoms with Crippen LogP contribution in [0.15, 0.2) is 36.4 Å². The number of anilines is 1. The second kappa shape index (κ2) is 6.39. The summed E-state index contributed by atoms with van der Waals surface area (Å²) >= 11 is 6.05. The molecule has 0 amide bonds. The highest BCUT2D eigenvalue weighted by Crippen LogP contribution is 2.29. The molecule has 2 N–H and O–H groups in total. The predicted octanol–water partition coefficient (Wildman–Crippen LogP) is 3.67. The van der Waals surface area contributed by atoms with Crippen molar-refractivity contribution < 1.29 is 14.6 Å². The van der Waals surface area contributed by atoms with Crippen LogP contribution in [-0.4, -0.2) is 19.3 Å². The van der Waals surface area contributed by atoms with Crippen molar-refractivity contribution in [1.82, 2.24) is 0 Å². The molecule has 0 aliphatic rings. The molecule has 0 saturated heterocycles. The quantitative estimate of drug-likeness (QED) is 0.883. The third-order valence-electron chi connectivity index (χ3n) is 2.89. The molecule has 2 aromatic carbocycles. The van der Waals surface area contributed by atoms with Gasteiger partial charge in [0.1, 0.15) is 5.75 Å². The zero-order valence-electron chi connectivity index (χ0n) is 11.3. The third-order valence-corrected chi connectivity index (χ3v) is 3.19. The molecule has 4 nitrogen and oxygen atoms in total. The first kappa shape index (κ1) is 14.3. The molecule has 0 radical (unpaired) electrons. The van der Waals surface area contributed by atoms with Gasteiger partial charge in [-0.2, -0.15) is 0 Å². The summed E-state index contributed by atoms with van der Waals surface area (Å²) in [5.74, 6) is 1.22. The van der Waals surface area contributed by atoms with Gasteiger partial charge in [-0.15, -0.1) is 0 Å². The molecule has 0 spiro atoms. The van der Waals surface area contributed by atoms with E-state index in [1.165, 1.54) is 7.11 Å². The Morgan fingerprint density at radius 1 is 1.05 bits per heavy atom. The molecule has 2 aromatic rings. The van der Waals surface area contributed by atoms with E-state index in [4.69, 9.17) is 21.1 Å². The van der Waals surface area contributed by atoms with Crippen LogP contribution in [0.2, 0.25) is 5.02 Å². The number of halogens is 1. The Morgan fingerprint density at radius 2 is 1.75 bits per heavy atom. The lowest BCUT2D eigenvalue weighted by Gasteiger charge is -2.10. The summed E-state index contributed by atoms with van der Waals surface area (Å²) in [4.78, 5) is 0. The first-order valence-electron chi connectivity index (χ1n) is 6.07. The predicted molar refractivity (Wildman–Crippen MR) is 80.0 cm³/mol. The lowest BCUT2D eigenvalue weighted by Crippen LogP contribution is -1.99. The van der Waals surface area contributed by atoms with E-state index in [-0.39, 0.29) is 5.75 Å². The lowest BCUT2D eigenvalue weighted by molar-refractivity contribution is 0.373. The number of phenolic OH excluding ortho intramolecular Hbond substituents is 1. The van der Waals surface area contributed by atoms with Gasteiger partial charge in [0, 0.05) is 12.2 Å². The fourth-order valence-electron chi connectivity index (χ4n) is 1.83.